The second-order valence-electron chi connectivity index (χ2n) is 20.2. The third-order valence-corrected chi connectivity index (χ3v) is 13.1. The van der Waals surface area contributed by atoms with Gasteiger partial charge in [0.2, 0.25) is 0 Å². The molecule has 1 atom stereocenters. The van der Waals surface area contributed by atoms with Crippen LogP contribution in [0.25, 0.3) is 0 Å². The molecule has 0 bridgehead atoms. The number of ether oxygens (including phenoxy) is 3. The monoisotopic (exact) mass is 1010 g/mol. The van der Waals surface area contributed by atoms with Gasteiger partial charge in [-0.15, -0.1) is 0 Å². The number of rotatable bonds is 55. The van der Waals surface area contributed by atoms with Crippen LogP contribution in [0.15, 0.2) is 97.2 Å². The molecule has 418 valence electrons. The van der Waals surface area contributed by atoms with Crippen LogP contribution in [0, 0.1) is 0 Å². The van der Waals surface area contributed by atoms with Crippen molar-refractivity contribution in [2.75, 3.05) is 13.2 Å². The lowest BCUT2D eigenvalue weighted by Crippen LogP contribution is -2.30. The van der Waals surface area contributed by atoms with Crippen molar-refractivity contribution in [2.24, 2.45) is 0 Å². The van der Waals surface area contributed by atoms with Gasteiger partial charge in [-0.3, -0.25) is 14.4 Å². The van der Waals surface area contributed by atoms with E-state index in [0.717, 1.165) is 83.5 Å². The van der Waals surface area contributed by atoms with E-state index < -0.39 is 6.10 Å². The molecule has 0 aromatic heterocycles. The minimum Gasteiger partial charge on any atom is -0.462 e. The van der Waals surface area contributed by atoms with Crippen LogP contribution in [-0.2, 0) is 28.6 Å². The first-order chi connectivity index (χ1) is 36.0. The van der Waals surface area contributed by atoms with E-state index in [1.54, 1.807) is 0 Å². The predicted octanol–water partition coefficient (Wildman–Crippen LogP) is 20.9. The van der Waals surface area contributed by atoms with Gasteiger partial charge in [-0.1, -0.05) is 279 Å². The van der Waals surface area contributed by atoms with Crippen molar-refractivity contribution >= 4 is 17.9 Å². The first-order valence-electron chi connectivity index (χ1n) is 30.7. The highest BCUT2D eigenvalue weighted by atomic mass is 16.6. The second-order valence-corrected chi connectivity index (χ2v) is 20.2. The van der Waals surface area contributed by atoms with Gasteiger partial charge in [0.15, 0.2) is 6.10 Å². The molecule has 0 unspecified atom stereocenters. The van der Waals surface area contributed by atoms with Gasteiger partial charge in [0, 0.05) is 19.3 Å². The molecule has 0 aliphatic rings. The van der Waals surface area contributed by atoms with Crippen LogP contribution in [0.2, 0.25) is 0 Å². The maximum atomic E-state index is 12.9. The fourth-order valence-electron chi connectivity index (χ4n) is 8.50. The van der Waals surface area contributed by atoms with Crippen molar-refractivity contribution in [3.05, 3.63) is 97.2 Å². The van der Waals surface area contributed by atoms with E-state index in [4.69, 9.17) is 14.2 Å². The van der Waals surface area contributed by atoms with Crippen molar-refractivity contribution in [1.82, 2.24) is 0 Å². The van der Waals surface area contributed by atoms with Crippen molar-refractivity contribution in [1.29, 1.82) is 0 Å². The number of esters is 3. The molecule has 0 aliphatic carbocycles. The lowest BCUT2D eigenvalue weighted by molar-refractivity contribution is -0.166. The Morgan fingerprint density at radius 2 is 0.562 bits per heavy atom. The summed E-state index contributed by atoms with van der Waals surface area (Å²) in [6.45, 7) is 6.46. The SMILES string of the molecule is CC/C=C\C/C=C\C/C=C\C/C=C\C/C=C\C/C=C\CCC(=O)OC[C@@H](COC(=O)CCCCCCCCCCCCCCCCCCC)OC(=O)CCCCCCCCCCC/C=C\C/C=C\CCCCC. The first-order valence-corrected chi connectivity index (χ1v) is 30.7. The Labute approximate surface area is 451 Å². The smallest absolute Gasteiger partial charge is 0.306 e. The van der Waals surface area contributed by atoms with Crippen LogP contribution in [-0.4, -0.2) is 37.2 Å². The summed E-state index contributed by atoms with van der Waals surface area (Å²) in [5, 5.41) is 0. The molecule has 0 aliphatic heterocycles. The van der Waals surface area contributed by atoms with Crippen molar-refractivity contribution in [3.63, 3.8) is 0 Å². The average Bonchev–Trinajstić information content (AvgIpc) is 3.39. The second kappa shape index (κ2) is 60.9. The maximum Gasteiger partial charge on any atom is 0.306 e. The molecule has 0 amide bonds. The first kappa shape index (κ1) is 69.3. The molecule has 73 heavy (non-hydrogen) atoms. The number of hydrogen-bond acceptors (Lipinski definition) is 6. The van der Waals surface area contributed by atoms with Crippen molar-refractivity contribution in [3.8, 4) is 0 Å². The zero-order valence-electron chi connectivity index (χ0n) is 47.9. The molecule has 0 saturated carbocycles. The van der Waals surface area contributed by atoms with Crippen molar-refractivity contribution < 1.29 is 28.6 Å². The normalized spacial score (nSPS) is 12.8. The predicted molar refractivity (Wildman–Crippen MR) is 316 cm³/mol. The van der Waals surface area contributed by atoms with Gasteiger partial charge in [0.25, 0.3) is 0 Å². The van der Waals surface area contributed by atoms with Gasteiger partial charge in [-0.25, -0.2) is 0 Å². The van der Waals surface area contributed by atoms with Crippen LogP contribution in [0.5, 0.6) is 0 Å². The van der Waals surface area contributed by atoms with Gasteiger partial charge in [0.05, 0.1) is 0 Å². The molecule has 0 aromatic carbocycles. The van der Waals surface area contributed by atoms with E-state index in [0.29, 0.717) is 19.3 Å². The van der Waals surface area contributed by atoms with Crippen molar-refractivity contribution in [2.45, 2.75) is 297 Å². The van der Waals surface area contributed by atoms with Gasteiger partial charge in [-0.05, 0) is 89.9 Å². The highest BCUT2D eigenvalue weighted by Crippen LogP contribution is 2.16. The third kappa shape index (κ3) is 59.1. The molecule has 0 N–H and O–H groups in total. The molecule has 6 heteroatoms. The Morgan fingerprint density at radius 1 is 0.288 bits per heavy atom. The minimum atomic E-state index is -0.811. The van der Waals surface area contributed by atoms with Crippen LogP contribution in [0.3, 0.4) is 0 Å². The summed E-state index contributed by atoms with van der Waals surface area (Å²) < 4.78 is 16.8. The van der Waals surface area contributed by atoms with E-state index in [1.165, 1.54) is 161 Å². The third-order valence-electron chi connectivity index (χ3n) is 13.1. The lowest BCUT2D eigenvalue weighted by atomic mass is 10.0. The van der Waals surface area contributed by atoms with E-state index in [2.05, 4.69) is 112 Å². The Balaban J connectivity index is 4.48. The molecule has 0 fully saturated rings. The number of hydrogen-bond donors (Lipinski definition) is 0. The highest BCUT2D eigenvalue weighted by Gasteiger charge is 2.19. The van der Waals surface area contributed by atoms with Gasteiger partial charge >= 0.3 is 17.9 Å². The summed E-state index contributed by atoms with van der Waals surface area (Å²) in [5.41, 5.74) is 0. The fraction of sp³-hybridized carbons (Fsp3) is 0.716. The lowest BCUT2D eigenvalue weighted by Gasteiger charge is -2.18. The van der Waals surface area contributed by atoms with E-state index in [9.17, 15) is 14.4 Å². The fourth-order valence-corrected chi connectivity index (χ4v) is 8.50. The summed E-state index contributed by atoms with van der Waals surface area (Å²) in [7, 11) is 0. The summed E-state index contributed by atoms with van der Waals surface area (Å²) in [5.74, 6) is -0.983. The summed E-state index contributed by atoms with van der Waals surface area (Å²) >= 11 is 0. The number of carbonyl (C=O) groups excluding carboxylic acids is 3. The maximum absolute atomic E-state index is 12.9. The Morgan fingerprint density at radius 3 is 0.945 bits per heavy atom. The van der Waals surface area contributed by atoms with Gasteiger partial charge in [0.1, 0.15) is 13.2 Å². The number of unbranched alkanes of at least 4 members (excludes halogenated alkanes) is 28. The largest absolute Gasteiger partial charge is 0.462 e. The van der Waals surface area contributed by atoms with Crippen LogP contribution >= 0.6 is 0 Å². The van der Waals surface area contributed by atoms with Crippen LogP contribution < -0.4 is 0 Å². The Hall–Kier alpha value is -3.67. The molecular weight excluding hydrogens is 901 g/mol. The van der Waals surface area contributed by atoms with E-state index >= 15 is 0 Å². The topological polar surface area (TPSA) is 78.9 Å². The van der Waals surface area contributed by atoms with Gasteiger partial charge < -0.3 is 14.2 Å². The van der Waals surface area contributed by atoms with Crippen LogP contribution in [0.1, 0.15) is 290 Å². The highest BCUT2D eigenvalue weighted by molar-refractivity contribution is 5.71. The molecular formula is C67H114O6. The minimum absolute atomic E-state index is 0.100. The number of allylic oxidation sites excluding steroid dienone is 16. The molecule has 0 aromatic rings. The van der Waals surface area contributed by atoms with Crippen LogP contribution in [0.4, 0.5) is 0 Å². The van der Waals surface area contributed by atoms with E-state index in [-0.39, 0.29) is 37.5 Å². The summed E-state index contributed by atoms with van der Waals surface area (Å²) in [6.07, 6.45) is 81.3. The van der Waals surface area contributed by atoms with E-state index in [1.807, 2.05) is 6.08 Å². The van der Waals surface area contributed by atoms with Gasteiger partial charge in [-0.2, -0.15) is 0 Å². The molecule has 0 radical (unpaired) electrons. The zero-order valence-corrected chi connectivity index (χ0v) is 47.9. The molecule has 0 heterocycles. The molecule has 0 rings (SSSR count). The average molecular weight is 1020 g/mol. The molecule has 0 saturated heterocycles. The standard InChI is InChI=1S/C67H114O6/c1-4-7-10-13-16-19-22-25-28-31-33-36-39-42-45-48-51-54-57-60-66(69)72-63-64(62-71-65(68)59-56-53-50-47-44-41-38-35-30-27-24-21-18-15-12-9-6-3)73-67(70)61-58-55-52-49-46-43-40-37-34-32-29-26-23-20-17-14-11-8-5-2/h7,10,16-17,19-20,25-26,28-29,33,36,42,45,51,54,64H,4-6,8-9,11-15,18,21-24,27,30-32,34-35,37-41,43-44,46-50,52-53,55-63H2,1-3H3/b10-7-,19-16-,20-17-,28-25-,29-26-,36-33-,45-42-,54-51-/t64-/m1/s1. The molecule has 6 nitrogen and oxygen atoms in total. The number of carbonyl (C=O) groups is 3. The Bertz CT molecular complexity index is 1440. The zero-order chi connectivity index (χ0) is 52.9. The summed E-state index contributed by atoms with van der Waals surface area (Å²) in [6, 6.07) is 0. The molecule has 0 spiro atoms. The Kier molecular flexibility index (Phi) is 57.8. The summed E-state index contributed by atoms with van der Waals surface area (Å²) in [4.78, 5) is 38.2. The quantitative estimate of drug-likeness (QED) is 0.0261.